The lowest BCUT2D eigenvalue weighted by atomic mass is 9.74. The fourth-order valence-corrected chi connectivity index (χ4v) is 4.93. The number of aliphatic hydroxyl groups excluding tert-OH is 1. The van der Waals surface area contributed by atoms with Gasteiger partial charge >= 0.3 is 6.18 Å². The summed E-state index contributed by atoms with van der Waals surface area (Å²) in [5.74, 6) is -0.510. The highest BCUT2D eigenvalue weighted by Crippen LogP contribution is 2.44. The lowest BCUT2D eigenvalue weighted by Crippen LogP contribution is -2.29. The maximum Gasteiger partial charge on any atom is 0.433 e. The Labute approximate surface area is 181 Å². The highest BCUT2D eigenvalue weighted by molar-refractivity contribution is 14.1. The van der Waals surface area contributed by atoms with E-state index in [1.54, 1.807) is 0 Å². The molecular weight excluding hydrogens is 496 g/mol. The van der Waals surface area contributed by atoms with Crippen LogP contribution in [0, 0.1) is 8.99 Å². The SMILES string of the molecule is CC(C)c1nc2c(c(I)c1C(=O)c1ccc(C(F)(F)F)nc1)C(O)CC(C)(C)C2. The van der Waals surface area contributed by atoms with Crippen molar-refractivity contribution in [1.29, 1.82) is 0 Å². The van der Waals surface area contributed by atoms with Gasteiger partial charge in [-0.1, -0.05) is 27.7 Å². The number of alkyl halides is 3. The Morgan fingerprint density at radius 1 is 1.31 bits per heavy atom. The van der Waals surface area contributed by atoms with Crippen molar-refractivity contribution in [3.8, 4) is 0 Å². The first-order valence-electron chi connectivity index (χ1n) is 9.30. The van der Waals surface area contributed by atoms with Crippen LogP contribution in [-0.4, -0.2) is 20.9 Å². The predicted molar refractivity (Wildman–Crippen MR) is 111 cm³/mol. The zero-order valence-corrected chi connectivity index (χ0v) is 18.7. The summed E-state index contributed by atoms with van der Waals surface area (Å²) in [6.45, 7) is 7.96. The summed E-state index contributed by atoms with van der Waals surface area (Å²) < 4.78 is 39.0. The number of halogens is 4. The zero-order valence-electron chi connectivity index (χ0n) is 16.6. The van der Waals surface area contributed by atoms with Crippen molar-refractivity contribution < 1.29 is 23.1 Å². The van der Waals surface area contributed by atoms with Crippen molar-refractivity contribution in [2.75, 3.05) is 0 Å². The van der Waals surface area contributed by atoms with E-state index >= 15 is 0 Å². The molecule has 0 saturated carbocycles. The summed E-state index contributed by atoms with van der Waals surface area (Å²) in [6.07, 6.45) is -3.13. The molecule has 2 aromatic heterocycles. The van der Waals surface area contributed by atoms with Crippen molar-refractivity contribution in [2.24, 2.45) is 5.41 Å². The van der Waals surface area contributed by atoms with Crippen LogP contribution >= 0.6 is 22.6 Å². The van der Waals surface area contributed by atoms with Crippen molar-refractivity contribution in [1.82, 2.24) is 9.97 Å². The second-order valence-electron chi connectivity index (χ2n) is 8.52. The summed E-state index contributed by atoms with van der Waals surface area (Å²) in [6, 6.07) is 1.94. The molecule has 1 N–H and O–H groups in total. The molecule has 29 heavy (non-hydrogen) atoms. The van der Waals surface area contributed by atoms with Crippen molar-refractivity contribution in [2.45, 2.75) is 58.7 Å². The third kappa shape index (κ3) is 4.33. The minimum Gasteiger partial charge on any atom is -0.388 e. The van der Waals surface area contributed by atoms with Crippen LogP contribution in [0.15, 0.2) is 18.3 Å². The van der Waals surface area contributed by atoms with Gasteiger partial charge in [0.15, 0.2) is 5.78 Å². The van der Waals surface area contributed by atoms with Crippen LogP contribution in [0.5, 0.6) is 0 Å². The number of hydrogen-bond acceptors (Lipinski definition) is 4. The number of aliphatic hydroxyl groups is 1. The van der Waals surface area contributed by atoms with Gasteiger partial charge in [-0.2, -0.15) is 13.2 Å². The van der Waals surface area contributed by atoms with Crippen LogP contribution in [0.3, 0.4) is 0 Å². The van der Waals surface area contributed by atoms with Gasteiger partial charge in [-0.3, -0.25) is 14.8 Å². The number of nitrogens with zero attached hydrogens (tertiary/aromatic N) is 2. The van der Waals surface area contributed by atoms with Crippen LogP contribution in [0.1, 0.15) is 84.7 Å². The van der Waals surface area contributed by atoms with Gasteiger partial charge in [-0.25, -0.2) is 0 Å². The number of fused-ring (bicyclic) bond motifs is 1. The van der Waals surface area contributed by atoms with Gasteiger partial charge in [0.05, 0.1) is 17.4 Å². The number of aromatic nitrogens is 2. The first-order valence-corrected chi connectivity index (χ1v) is 10.4. The van der Waals surface area contributed by atoms with Crippen LogP contribution in [0.4, 0.5) is 13.2 Å². The average molecular weight is 518 g/mol. The molecule has 0 bridgehead atoms. The van der Waals surface area contributed by atoms with Crippen molar-refractivity contribution >= 4 is 28.4 Å². The summed E-state index contributed by atoms with van der Waals surface area (Å²) >= 11 is 2.05. The Hall–Kier alpha value is -1.55. The molecule has 2 heterocycles. The number of ketones is 1. The number of carbonyl (C=O) groups is 1. The molecule has 8 heteroatoms. The first-order chi connectivity index (χ1) is 13.3. The molecule has 0 spiro atoms. The maximum absolute atomic E-state index is 13.2. The smallest absolute Gasteiger partial charge is 0.388 e. The Morgan fingerprint density at radius 3 is 2.48 bits per heavy atom. The molecule has 0 amide bonds. The van der Waals surface area contributed by atoms with E-state index < -0.39 is 23.8 Å². The molecule has 156 valence electrons. The Bertz CT molecular complexity index is 954. The van der Waals surface area contributed by atoms with E-state index in [1.807, 2.05) is 13.8 Å². The van der Waals surface area contributed by atoms with Crippen LogP contribution < -0.4 is 0 Å². The second kappa shape index (κ2) is 7.61. The van der Waals surface area contributed by atoms with Gasteiger partial charge in [-0.05, 0) is 58.9 Å². The van der Waals surface area contributed by atoms with Gasteiger partial charge in [-0.15, -0.1) is 0 Å². The quantitative estimate of drug-likeness (QED) is 0.433. The third-order valence-corrected chi connectivity index (χ3v) is 6.21. The molecule has 4 nitrogen and oxygen atoms in total. The van der Waals surface area contributed by atoms with Crippen molar-refractivity contribution in [3.63, 3.8) is 0 Å². The molecule has 0 saturated heterocycles. The molecule has 0 aromatic carbocycles. The van der Waals surface area contributed by atoms with E-state index in [0.717, 1.165) is 24.0 Å². The van der Waals surface area contributed by atoms with Crippen LogP contribution in [0.25, 0.3) is 0 Å². The third-order valence-electron chi connectivity index (χ3n) is 5.09. The summed E-state index contributed by atoms with van der Waals surface area (Å²) in [7, 11) is 0. The molecule has 0 aliphatic heterocycles. The average Bonchev–Trinajstić information content (AvgIpc) is 2.58. The van der Waals surface area contributed by atoms with Gasteiger partial charge in [0.25, 0.3) is 0 Å². The Kier molecular flexibility index (Phi) is 5.81. The zero-order chi connectivity index (χ0) is 21.7. The van der Waals surface area contributed by atoms with E-state index in [1.165, 1.54) is 0 Å². The number of hydrogen-bond donors (Lipinski definition) is 1. The summed E-state index contributed by atoms with van der Waals surface area (Å²) in [4.78, 5) is 21.4. The molecule has 1 aliphatic carbocycles. The van der Waals surface area contributed by atoms with E-state index in [9.17, 15) is 23.1 Å². The molecule has 1 unspecified atom stereocenters. The van der Waals surface area contributed by atoms with Crippen LogP contribution in [-0.2, 0) is 12.6 Å². The number of rotatable bonds is 3. The predicted octanol–water partition coefficient (Wildman–Crippen LogP) is 5.46. The highest BCUT2D eigenvalue weighted by atomic mass is 127. The van der Waals surface area contributed by atoms with E-state index in [-0.39, 0.29) is 16.9 Å². The monoisotopic (exact) mass is 518 g/mol. The van der Waals surface area contributed by atoms with Gasteiger partial charge in [0.2, 0.25) is 0 Å². The molecule has 1 aliphatic rings. The lowest BCUT2D eigenvalue weighted by molar-refractivity contribution is -0.141. The molecule has 3 rings (SSSR count). The molecule has 0 fully saturated rings. The molecular formula is C21H22F3IN2O2. The number of pyridine rings is 2. The first kappa shape index (κ1) is 22.1. The Balaban J connectivity index is 2.14. The Morgan fingerprint density at radius 2 is 1.97 bits per heavy atom. The molecule has 0 radical (unpaired) electrons. The van der Waals surface area contributed by atoms with Crippen molar-refractivity contribution in [3.05, 3.63) is 55.7 Å². The number of carbonyl (C=O) groups excluding carboxylic acids is 1. The fraction of sp³-hybridized carbons (Fsp3) is 0.476. The summed E-state index contributed by atoms with van der Waals surface area (Å²) in [5, 5.41) is 10.7. The van der Waals surface area contributed by atoms with Gasteiger partial charge in [0.1, 0.15) is 5.69 Å². The topological polar surface area (TPSA) is 63.1 Å². The fourth-order valence-electron chi connectivity index (χ4n) is 3.73. The standard InChI is InChI=1S/C21H22F3IN2O2/c1-10(2)18-16(19(29)11-5-6-14(26-9-11)21(22,23)24)17(25)15-12(27-18)7-20(3,4)8-13(15)28/h5-6,9-10,13,28H,7-8H2,1-4H3. The van der Waals surface area contributed by atoms with E-state index in [4.69, 9.17) is 4.98 Å². The van der Waals surface area contributed by atoms with Gasteiger partial charge < -0.3 is 5.11 Å². The van der Waals surface area contributed by atoms with Crippen LogP contribution in [0.2, 0.25) is 0 Å². The lowest BCUT2D eigenvalue weighted by Gasteiger charge is -2.35. The largest absolute Gasteiger partial charge is 0.433 e. The normalized spacial score (nSPS) is 18.6. The molecule has 1 atom stereocenters. The van der Waals surface area contributed by atoms with E-state index in [2.05, 4.69) is 41.4 Å². The second-order valence-corrected chi connectivity index (χ2v) is 9.60. The summed E-state index contributed by atoms with van der Waals surface area (Å²) in [5.41, 5.74) is 1.25. The maximum atomic E-state index is 13.2. The van der Waals surface area contributed by atoms with E-state index in [0.29, 0.717) is 33.2 Å². The minimum atomic E-state index is -4.57. The molecule has 2 aromatic rings. The van der Waals surface area contributed by atoms with Gasteiger partial charge in [0, 0.05) is 26.6 Å². The highest BCUT2D eigenvalue weighted by Gasteiger charge is 2.37. The minimum absolute atomic E-state index is 0.0604.